The molecule has 9 nitrogen and oxygen atoms in total. The third kappa shape index (κ3) is 4.16. The molecule has 0 spiro atoms. The average molecular weight is 413 g/mol. The number of aliphatic imine (C=N–C) groups is 1. The van der Waals surface area contributed by atoms with Crippen molar-refractivity contribution in [3.63, 3.8) is 0 Å². The minimum absolute atomic E-state index is 0.0869. The number of carbonyl (C=O) groups is 3. The van der Waals surface area contributed by atoms with Gasteiger partial charge >= 0.3 is 0 Å². The number of piperidine rings is 1. The number of morpholine rings is 1. The molecule has 0 aromatic heterocycles. The van der Waals surface area contributed by atoms with Gasteiger partial charge in [-0.1, -0.05) is 18.2 Å². The van der Waals surface area contributed by atoms with Crippen LogP contribution >= 0.6 is 0 Å². The smallest absolute Gasteiger partial charge is 0.290 e. The quantitative estimate of drug-likeness (QED) is 0.775. The Hall–Kier alpha value is -2.94. The molecule has 4 rings (SSSR count). The lowest BCUT2D eigenvalue weighted by Gasteiger charge is -2.37. The van der Waals surface area contributed by atoms with Gasteiger partial charge in [0.1, 0.15) is 6.04 Å². The van der Waals surface area contributed by atoms with Crippen LogP contribution in [0.4, 0.5) is 5.69 Å². The van der Waals surface area contributed by atoms with Crippen LogP contribution in [0.2, 0.25) is 0 Å². The zero-order valence-electron chi connectivity index (χ0n) is 17.1. The molecule has 2 fully saturated rings. The highest BCUT2D eigenvalue weighted by Gasteiger charge is 2.36. The van der Waals surface area contributed by atoms with Crippen LogP contribution in [-0.4, -0.2) is 78.8 Å². The largest absolute Gasteiger partial charge is 0.378 e. The molecule has 1 aromatic rings. The number of likely N-dealkylation sites (tertiary alicyclic amines) is 1. The summed E-state index contributed by atoms with van der Waals surface area (Å²) >= 11 is 0. The van der Waals surface area contributed by atoms with Gasteiger partial charge in [-0.25, -0.2) is 10.0 Å². The van der Waals surface area contributed by atoms with E-state index in [4.69, 9.17) is 4.74 Å². The first-order valence-corrected chi connectivity index (χ1v) is 10.4. The van der Waals surface area contributed by atoms with E-state index < -0.39 is 6.04 Å². The van der Waals surface area contributed by atoms with Gasteiger partial charge in [0.25, 0.3) is 11.8 Å². The number of benzene rings is 1. The van der Waals surface area contributed by atoms with Gasteiger partial charge in [0.05, 0.1) is 24.8 Å². The van der Waals surface area contributed by atoms with Crippen LogP contribution in [0.15, 0.2) is 35.3 Å². The van der Waals surface area contributed by atoms with E-state index in [1.54, 1.807) is 24.0 Å². The molecule has 0 bridgehead atoms. The van der Waals surface area contributed by atoms with E-state index in [9.17, 15) is 14.4 Å². The van der Waals surface area contributed by atoms with E-state index in [-0.39, 0.29) is 29.5 Å². The molecule has 3 aliphatic heterocycles. The predicted molar refractivity (Wildman–Crippen MR) is 111 cm³/mol. The van der Waals surface area contributed by atoms with Crippen molar-refractivity contribution in [3.8, 4) is 0 Å². The number of para-hydroxylation sites is 1. The highest BCUT2D eigenvalue weighted by molar-refractivity contribution is 6.39. The van der Waals surface area contributed by atoms with Crippen LogP contribution in [0.1, 0.15) is 19.8 Å². The standard InChI is InChI=1S/C21H27N5O4/c1-15-19(27)26(17-7-3-2-4-8-17)23-18(22-15)21(29)25-9-5-6-16(14-25)20(28)24-10-12-30-13-11-24/h2-4,7-8,15-16H,5-6,9-14H2,1H3,(H,22,23)/t15-,16+/m1/s1. The van der Waals surface area contributed by atoms with Gasteiger partial charge in [-0.15, -0.1) is 0 Å². The van der Waals surface area contributed by atoms with Crippen molar-refractivity contribution in [2.45, 2.75) is 25.8 Å². The van der Waals surface area contributed by atoms with Crippen molar-refractivity contribution in [2.24, 2.45) is 10.9 Å². The lowest BCUT2D eigenvalue weighted by molar-refractivity contribution is -0.142. The van der Waals surface area contributed by atoms with Gasteiger partial charge in [-0.05, 0) is 31.9 Å². The van der Waals surface area contributed by atoms with Crippen LogP contribution in [0, 0.1) is 5.92 Å². The van der Waals surface area contributed by atoms with Crippen LogP contribution in [0.5, 0.6) is 0 Å². The predicted octanol–water partition coefficient (Wildman–Crippen LogP) is 0.422. The molecule has 1 N–H and O–H groups in total. The normalized spacial score (nSPS) is 24.9. The highest BCUT2D eigenvalue weighted by Crippen LogP contribution is 2.21. The van der Waals surface area contributed by atoms with E-state index >= 15 is 0 Å². The zero-order valence-corrected chi connectivity index (χ0v) is 17.1. The molecular weight excluding hydrogens is 386 g/mol. The van der Waals surface area contributed by atoms with Crippen LogP contribution in [0.3, 0.4) is 0 Å². The maximum absolute atomic E-state index is 13.2. The number of hydrogen-bond donors (Lipinski definition) is 1. The van der Waals surface area contributed by atoms with Crippen molar-refractivity contribution >= 4 is 29.2 Å². The highest BCUT2D eigenvalue weighted by atomic mass is 16.5. The maximum Gasteiger partial charge on any atom is 0.290 e. The molecule has 0 saturated carbocycles. The number of carbonyl (C=O) groups excluding carboxylic acids is 3. The third-order valence-corrected chi connectivity index (χ3v) is 5.72. The minimum Gasteiger partial charge on any atom is -0.378 e. The first-order valence-electron chi connectivity index (χ1n) is 10.4. The molecule has 9 heteroatoms. The van der Waals surface area contributed by atoms with Gasteiger partial charge in [-0.3, -0.25) is 19.8 Å². The van der Waals surface area contributed by atoms with Gasteiger partial charge in [0.15, 0.2) is 0 Å². The summed E-state index contributed by atoms with van der Waals surface area (Å²) in [6.45, 7) is 4.93. The molecule has 2 atom stereocenters. The Morgan fingerprint density at radius 2 is 1.83 bits per heavy atom. The van der Waals surface area contributed by atoms with Crippen molar-refractivity contribution in [3.05, 3.63) is 30.3 Å². The minimum atomic E-state index is -0.666. The summed E-state index contributed by atoms with van der Waals surface area (Å²) in [6, 6.07) is 8.44. The molecule has 0 aliphatic carbocycles. The molecule has 2 saturated heterocycles. The van der Waals surface area contributed by atoms with Crippen molar-refractivity contribution < 1.29 is 19.1 Å². The number of rotatable bonds is 3. The Morgan fingerprint density at radius 3 is 2.57 bits per heavy atom. The monoisotopic (exact) mass is 413 g/mol. The van der Waals surface area contributed by atoms with Crippen molar-refractivity contribution in [1.82, 2.24) is 15.2 Å². The molecule has 0 radical (unpaired) electrons. The number of amidine groups is 1. The van der Waals surface area contributed by atoms with Gasteiger partial charge in [0, 0.05) is 26.2 Å². The van der Waals surface area contributed by atoms with E-state index in [2.05, 4.69) is 10.4 Å². The van der Waals surface area contributed by atoms with E-state index in [1.165, 1.54) is 5.01 Å². The van der Waals surface area contributed by atoms with Gasteiger partial charge in [0.2, 0.25) is 11.7 Å². The Labute approximate surface area is 175 Å². The van der Waals surface area contributed by atoms with E-state index in [1.807, 2.05) is 23.1 Å². The Balaban J connectivity index is 1.45. The van der Waals surface area contributed by atoms with Crippen LogP contribution in [-0.2, 0) is 19.1 Å². The molecule has 160 valence electrons. The zero-order chi connectivity index (χ0) is 21.1. The third-order valence-electron chi connectivity index (χ3n) is 5.72. The fourth-order valence-electron chi connectivity index (χ4n) is 4.05. The maximum atomic E-state index is 13.2. The fraction of sp³-hybridized carbons (Fsp3) is 0.524. The van der Waals surface area contributed by atoms with Crippen LogP contribution < -0.4 is 10.4 Å². The van der Waals surface area contributed by atoms with E-state index in [0.29, 0.717) is 45.1 Å². The van der Waals surface area contributed by atoms with Crippen LogP contribution in [0.25, 0.3) is 0 Å². The lowest BCUT2D eigenvalue weighted by Crippen LogP contribution is -2.59. The number of hydrogen-bond acceptors (Lipinski definition) is 6. The lowest BCUT2D eigenvalue weighted by atomic mass is 9.96. The Kier molecular flexibility index (Phi) is 5.98. The second kappa shape index (κ2) is 8.83. The SMILES string of the molecule is C[C@H]1N=C(C(=O)N2CCC[C@H](C(=O)N3CCOCC3)C2)NN(c2ccccc2)C1=O. The summed E-state index contributed by atoms with van der Waals surface area (Å²) in [5.41, 5.74) is 3.53. The molecule has 1 aromatic carbocycles. The second-order valence-corrected chi connectivity index (χ2v) is 7.80. The number of nitrogens with zero attached hydrogens (tertiary/aromatic N) is 4. The molecular formula is C21H27N5O4. The number of anilines is 1. The number of ether oxygens (including phenoxy) is 1. The van der Waals surface area contributed by atoms with Crippen molar-refractivity contribution in [2.75, 3.05) is 44.4 Å². The first kappa shape index (κ1) is 20.3. The number of nitrogens with one attached hydrogen (secondary N) is 1. The molecule has 0 unspecified atom stereocenters. The van der Waals surface area contributed by atoms with Gasteiger partial charge in [-0.2, -0.15) is 0 Å². The summed E-state index contributed by atoms with van der Waals surface area (Å²) in [7, 11) is 0. The average Bonchev–Trinajstić information content (AvgIpc) is 2.81. The molecule has 3 aliphatic rings. The van der Waals surface area contributed by atoms with E-state index in [0.717, 1.165) is 12.8 Å². The summed E-state index contributed by atoms with van der Waals surface area (Å²) in [4.78, 5) is 46.4. The summed E-state index contributed by atoms with van der Waals surface area (Å²) in [6.07, 6.45) is 1.53. The fourth-order valence-corrected chi connectivity index (χ4v) is 4.05. The Morgan fingerprint density at radius 1 is 1.10 bits per heavy atom. The Bertz CT molecular complexity index is 837. The second-order valence-electron chi connectivity index (χ2n) is 7.80. The number of hydrazine groups is 1. The van der Waals surface area contributed by atoms with Crippen molar-refractivity contribution in [1.29, 1.82) is 0 Å². The molecule has 30 heavy (non-hydrogen) atoms. The molecule has 3 heterocycles. The summed E-state index contributed by atoms with van der Waals surface area (Å²) in [5.74, 6) is -0.505. The first-order chi connectivity index (χ1) is 14.5. The van der Waals surface area contributed by atoms with Gasteiger partial charge < -0.3 is 14.5 Å². The topological polar surface area (TPSA) is 94.6 Å². The molecule has 3 amide bonds. The summed E-state index contributed by atoms with van der Waals surface area (Å²) < 4.78 is 5.33. The number of amides is 3. The summed E-state index contributed by atoms with van der Waals surface area (Å²) in [5, 5.41) is 1.37.